The van der Waals surface area contributed by atoms with Crippen molar-refractivity contribution in [3.05, 3.63) is 35.9 Å². The molecule has 1 aromatic carbocycles. The zero-order valence-corrected chi connectivity index (χ0v) is 19.0. The number of nitrogens with zero attached hydrogens (tertiary/aromatic N) is 2. The Morgan fingerprint density at radius 3 is 2.35 bits per heavy atom. The maximum absolute atomic E-state index is 12.5. The Bertz CT molecular complexity index is 723. The molecule has 1 aliphatic heterocycles. The van der Waals surface area contributed by atoms with Gasteiger partial charge < -0.3 is 19.4 Å². The standard InChI is InChI=1S/C24H36N2O5/c1-24(2,3)31-23(27)26-15-13-21(25-28)22(26)17-30-20-11-9-19(10-12-20)29-16-14-18-7-5-4-6-8-18/h4-8,19-20,22,28H,9-17H2,1-3H3. The van der Waals surface area contributed by atoms with Crippen LogP contribution in [-0.4, -0.2) is 65.5 Å². The van der Waals surface area contributed by atoms with Crippen molar-refractivity contribution in [1.82, 2.24) is 4.90 Å². The second-order valence-corrected chi connectivity index (χ2v) is 9.37. The van der Waals surface area contributed by atoms with Gasteiger partial charge in [0, 0.05) is 13.0 Å². The fourth-order valence-corrected chi connectivity index (χ4v) is 4.16. The van der Waals surface area contributed by atoms with Crippen LogP contribution in [0.3, 0.4) is 0 Å². The highest BCUT2D eigenvalue weighted by Gasteiger charge is 2.38. The number of carbonyl (C=O) groups excluding carboxylic acids is 1. The Labute approximate surface area is 185 Å². The van der Waals surface area contributed by atoms with Crippen molar-refractivity contribution in [3.8, 4) is 0 Å². The molecule has 1 amide bonds. The van der Waals surface area contributed by atoms with Crippen molar-refractivity contribution in [1.29, 1.82) is 0 Å². The van der Waals surface area contributed by atoms with E-state index < -0.39 is 11.7 Å². The van der Waals surface area contributed by atoms with Crippen LogP contribution in [0.1, 0.15) is 58.4 Å². The largest absolute Gasteiger partial charge is 0.444 e. The van der Waals surface area contributed by atoms with Gasteiger partial charge >= 0.3 is 6.09 Å². The van der Waals surface area contributed by atoms with E-state index in [1.54, 1.807) is 4.90 Å². The highest BCUT2D eigenvalue weighted by molar-refractivity contribution is 5.94. The third-order valence-electron chi connectivity index (χ3n) is 5.82. The number of benzene rings is 1. The molecule has 2 aliphatic rings. The van der Waals surface area contributed by atoms with Crippen LogP contribution in [0.15, 0.2) is 35.5 Å². The lowest BCUT2D eigenvalue weighted by Gasteiger charge is -2.31. The molecule has 1 N–H and O–H groups in total. The van der Waals surface area contributed by atoms with Crippen molar-refractivity contribution >= 4 is 11.8 Å². The fraction of sp³-hybridized carbons (Fsp3) is 0.667. The van der Waals surface area contributed by atoms with Gasteiger partial charge in [-0.3, -0.25) is 4.90 Å². The van der Waals surface area contributed by atoms with Crippen LogP contribution >= 0.6 is 0 Å². The molecule has 1 unspecified atom stereocenters. The minimum atomic E-state index is -0.569. The minimum Gasteiger partial charge on any atom is -0.444 e. The van der Waals surface area contributed by atoms with Crippen LogP contribution in [0.25, 0.3) is 0 Å². The Hall–Kier alpha value is -2.12. The van der Waals surface area contributed by atoms with Gasteiger partial charge in [0.15, 0.2) is 0 Å². The molecule has 1 aromatic rings. The normalized spacial score (nSPS) is 25.7. The molecular formula is C24H36N2O5. The lowest BCUT2D eigenvalue weighted by Crippen LogP contribution is -2.44. The van der Waals surface area contributed by atoms with Gasteiger partial charge in [0.1, 0.15) is 11.6 Å². The van der Waals surface area contributed by atoms with Crippen molar-refractivity contribution in [2.24, 2.45) is 5.16 Å². The first-order valence-electron chi connectivity index (χ1n) is 11.3. The van der Waals surface area contributed by atoms with Crippen LogP contribution < -0.4 is 0 Å². The maximum Gasteiger partial charge on any atom is 0.410 e. The first kappa shape index (κ1) is 23.5. The summed E-state index contributed by atoms with van der Waals surface area (Å²) in [7, 11) is 0. The summed E-state index contributed by atoms with van der Waals surface area (Å²) >= 11 is 0. The number of hydrogen-bond acceptors (Lipinski definition) is 6. The van der Waals surface area contributed by atoms with E-state index in [4.69, 9.17) is 14.2 Å². The smallest absolute Gasteiger partial charge is 0.410 e. The van der Waals surface area contributed by atoms with Crippen molar-refractivity contribution < 1.29 is 24.2 Å². The van der Waals surface area contributed by atoms with Gasteiger partial charge in [0.2, 0.25) is 0 Å². The molecule has 3 rings (SSSR count). The van der Waals surface area contributed by atoms with Gasteiger partial charge in [0.05, 0.1) is 31.1 Å². The molecule has 1 heterocycles. The summed E-state index contributed by atoms with van der Waals surface area (Å²) in [5.41, 5.74) is 1.30. The second kappa shape index (κ2) is 11.0. The lowest BCUT2D eigenvalue weighted by molar-refractivity contribution is -0.0399. The highest BCUT2D eigenvalue weighted by Crippen LogP contribution is 2.26. The Morgan fingerprint density at radius 1 is 1.10 bits per heavy atom. The SMILES string of the molecule is CC(C)(C)OC(=O)N1CCC(=NO)C1COC1CCC(OCCc2ccccc2)CC1. The number of likely N-dealkylation sites (tertiary alicyclic amines) is 1. The van der Waals surface area contributed by atoms with Crippen LogP contribution in [0.4, 0.5) is 4.79 Å². The van der Waals surface area contributed by atoms with Crippen molar-refractivity contribution in [3.63, 3.8) is 0 Å². The molecule has 0 spiro atoms. The van der Waals surface area contributed by atoms with E-state index in [0.29, 0.717) is 25.3 Å². The summed E-state index contributed by atoms with van der Waals surface area (Å²) in [6, 6.07) is 10.0. The molecule has 7 heteroatoms. The molecule has 0 radical (unpaired) electrons. The van der Waals surface area contributed by atoms with E-state index in [0.717, 1.165) is 38.7 Å². The van der Waals surface area contributed by atoms with Gasteiger partial charge in [0.25, 0.3) is 0 Å². The third-order valence-corrected chi connectivity index (χ3v) is 5.82. The monoisotopic (exact) mass is 432 g/mol. The predicted octanol–water partition coefficient (Wildman–Crippen LogP) is 4.41. The summed E-state index contributed by atoms with van der Waals surface area (Å²) < 4.78 is 17.7. The molecule has 7 nitrogen and oxygen atoms in total. The quantitative estimate of drug-likeness (QED) is 0.510. The minimum absolute atomic E-state index is 0.134. The summed E-state index contributed by atoms with van der Waals surface area (Å²) in [6.45, 7) is 7.06. The van der Waals surface area contributed by atoms with E-state index in [1.807, 2.05) is 26.8 Å². The Balaban J connectivity index is 1.40. The van der Waals surface area contributed by atoms with E-state index in [9.17, 15) is 10.0 Å². The highest BCUT2D eigenvalue weighted by atomic mass is 16.6. The third kappa shape index (κ3) is 7.21. The van der Waals surface area contributed by atoms with E-state index in [-0.39, 0.29) is 18.2 Å². The molecule has 0 aromatic heterocycles. The number of hydrogen-bond donors (Lipinski definition) is 1. The van der Waals surface area contributed by atoms with Gasteiger partial charge in [-0.15, -0.1) is 0 Å². The zero-order chi connectivity index (χ0) is 22.3. The Kier molecular flexibility index (Phi) is 8.32. The molecule has 1 aliphatic carbocycles. The molecular weight excluding hydrogens is 396 g/mol. The van der Waals surface area contributed by atoms with E-state index in [2.05, 4.69) is 29.4 Å². The number of carbonyl (C=O) groups is 1. The maximum atomic E-state index is 12.5. The first-order chi connectivity index (χ1) is 14.9. The lowest BCUT2D eigenvalue weighted by atomic mass is 9.95. The summed E-state index contributed by atoms with van der Waals surface area (Å²) in [5.74, 6) is 0. The molecule has 172 valence electrons. The van der Waals surface area contributed by atoms with Gasteiger partial charge in [-0.1, -0.05) is 35.5 Å². The molecule has 1 saturated carbocycles. The number of ether oxygens (including phenoxy) is 3. The zero-order valence-electron chi connectivity index (χ0n) is 19.0. The van der Waals surface area contributed by atoms with Crippen LogP contribution in [0.2, 0.25) is 0 Å². The first-order valence-corrected chi connectivity index (χ1v) is 11.3. The van der Waals surface area contributed by atoms with Crippen molar-refractivity contribution in [2.45, 2.75) is 83.1 Å². The summed E-state index contributed by atoms with van der Waals surface area (Å²) in [6.07, 6.45) is 5.30. The van der Waals surface area contributed by atoms with Crippen LogP contribution in [0.5, 0.6) is 0 Å². The van der Waals surface area contributed by atoms with Gasteiger partial charge in [-0.05, 0) is 58.4 Å². The van der Waals surface area contributed by atoms with Gasteiger partial charge in [-0.25, -0.2) is 4.79 Å². The van der Waals surface area contributed by atoms with Crippen LogP contribution in [-0.2, 0) is 20.6 Å². The predicted molar refractivity (Wildman–Crippen MR) is 119 cm³/mol. The molecule has 1 atom stereocenters. The average molecular weight is 433 g/mol. The van der Waals surface area contributed by atoms with E-state index >= 15 is 0 Å². The van der Waals surface area contributed by atoms with Crippen molar-refractivity contribution in [2.75, 3.05) is 19.8 Å². The number of amides is 1. The van der Waals surface area contributed by atoms with Crippen LogP contribution in [0, 0.1) is 0 Å². The van der Waals surface area contributed by atoms with E-state index in [1.165, 1.54) is 5.56 Å². The van der Waals surface area contributed by atoms with Gasteiger partial charge in [-0.2, -0.15) is 0 Å². The topological polar surface area (TPSA) is 80.6 Å². The molecule has 31 heavy (non-hydrogen) atoms. The second-order valence-electron chi connectivity index (χ2n) is 9.37. The number of oxime groups is 1. The molecule has 0 bridgehead atoms. The summed E-state index contributed by atoms with van der Waals surface area (Å²) in [5, 5.41) is 12.7. The molecule has 1 saturated heterocycles. The molecule has 2 fully saturated rings. The number of rotatable bonds is 7. The fourth-order valence-electron chi connectivity index (χ4n) is 4.16. The Morgan fingerprint density at radius 2 is 1.74 bits per heavy atom. The average Bonchev–Trinajstić information content (AvgIpc) is 3.16. The summed E-state index contributed by atoms with van der Waals surface area (Å²) in [4.78, 5) is 14.1.